The van der Waals surface area contributed by atoms with Gasteiger partial charge in [0.05, 0.1) is 18.4 Å². The number of hydrogen-bond acceptors (Lipinski definition) is 5. The number of hydrogen-bond donors (Lipinski definition) is 2. The fraction of sp³-hybridized carbons (Fsp3) is 0.158. The van der Waals surface area contributed by atoms with Gasteiger partial charge in [0.15, 0.2) is 5.78 Å². The summed E-state index contributed by atoms with van der Waals surface area (Å²) in [5, 5.41) is 8.59. The van der Waals surface area contributed by atoms with Gasteiger partial charge in [-0.1, -0.05) is 30.3 Å². The fourth-order valence-corrected chi connectivity index (χ4v) is 3.28. The van der Waals surface area contributed by atoms with E-state index in [0.29, 0.717) is 5.75 Å². The minimum absolute atomic E-state index is 0.103. The van der Waals surface area contributed by atoms with Gasteiger partial charge in [-0.05, 0) is 35.9 Å². The molecule has 0 fully saturated rings. The summed E-state index contributed by atoms with van der Waals surface area (Å²) < 4.78 is 31.7. The van der Waals surface area contributed by atoms with E-state index in [9.17, 15) is 18.0 Å². The number of carbonyl (C=O) groups excluding carboxylic acids is 1. The summed E-state index contributed by atoms with van der Waals surface area (Å²) in [7, 11) is -2.35. The van der Waals surface area contributed by atoms with Crippen LogP contribution in [0.1, 0.15) is 22.3 Å². The van der Waals surface area contributed by atoms with Crippen molar-refractivity contribution in [3.8, 4) is 5.75 Å². The van der Waals surface area contributed by atoms with Crippen molar-refractivity contribution >= 4 is 27.9 Å². The van der Waals surface area contributed by atoms with Gasteiger partial charge in [0.2, 0.25) is 10.0 Å². The Morgan fingerprint density at radius 1 is 1.15 bits per heavy atom. The second-order valence-electron chi connectivity index (χ2n) is 5.54. The van der Waals surface area contributed by atoms with Gasteiger partial charge in [-0.2, -0.15) is 0 Å². The number of ether oxygens (including phenoxy) is 1. The summed E-state index contributed by atoms with van der Waals surface area (Å²) in [6, 6.07) is 12.7. The van der Waals surface area contributed by atoms with E-state index >= 15 is 0 Å². The van der Waals surface area contributed by atoms with Crippen molar-refractivity contribution in [1.82, 2.24) is 4.72 Å². The van der Waals surface area contributed by atoms with Crippen LogP contribution in [0.5, 0.6) is 5.75 Å². The summed E-state index contributed by atoms with van der Waals surface area (Å²) in [4.78, 5) is 22.7. The maximum atomic E-state index is 12.3. The Kier molecular flexibility index (Phi) is 6.86. The van der Waals surface area contributed by atoms with Crippen LogP contribution in [-0.4, -0.2) is 38.9 Å². The van der Waals surface area contributed by atoms with Crippen molar-refractivity contribution in [1.29, 1.82) is 0 Å². The van der Waals surface area contributed by atoms with Gasteiger partial charge in [-0.15, -0.1) is 0 Å². The van der Waals surface area contributed by atoms with Crippen LogP contribution in [0.25, 0.3) is 6.08 Å². The monoisotopic (exact) mass is 389 g/mol. The second-order valence-corrected chi connectivity index (χ2v) is 7.31. The smallest absolute Gasteiger partial charge is 0.304 e. The number of nitrogens with one attached hydrogen (secondary N) is 1. The summed E-state index contributed by atoms with van der Waals surface area (Å²) in [5.74, 6) is -0.810. The molecular weight excluding hydrogens is 370 g/mol. The standard InChI is InChI=1S/C19H19NO6S/c1-26-16-6-2-4-14(12-16)8-9-18(21)15-5-3-7-17(13-15)27(24,25)20-11-10-19(22)23/h2-9,12-13,20H,10-11H2,1H3,(H,22,23). The Labute approximate surface area is 157 Å². The molecule has 0 saturated heterocycles. The average Bonchev–Trinajstić information content (AvgIpc) is 2.66. The maximum Gasteiger partial charge on any atom is 0.304 e. The van der Waals surface area contributed by atoms with Crippen LogP contribution in [-0.2, 0) is 14.8 Å². The Bertz CT molecular complexity index is 966. The van der Waals surface area contributed by atoms with Crippen LogP contribution in [0.3, 0.4) is 0 Å². The number of aliphatic carboxylic acids is 1. The lowest BCUT2D eigenvalue weighted by Crippen LogP contribution is -2.26. The Hall–Kier alpha value is -2.97. The summed E-state index contributed by atoms with van der Waals surface area (Å²) in [6.45, 7) is -0.231. The van der Waals surface area contributed by atoms with Gasteiger partial charge < -0.3 is 9.84 Å². The van der Waals surface area contributed by atoms with E-state index in [4.69, 9.17) is 9.84 Å². The molecule has 8 heteroatoms. The summed E-state index contributed by atoms with van der Waals surface area (Å²) >= 11 is 0. The maximum absolute atomic E-state index is 12.3. The van der Waals surface area contributed by atoms with E-state index in [1.165, 1.54) is 30.3 Å². The van der Waals surface area contributed by atoms with Crippen LogP contribution in [0, 0.1) is 0 Å². The van der Waals surface area contributed by atoms with E-state index in [0.717, 1.165) is 5.56 Å². The largest absolute Gasteiger partial charge is 0.497 e. The third-order valence-electron chi connectivity index (χ3n) is 3.58. The van der Waals surface area contributed by atoms with Gasteiger partial charge in [-0.3, -0.25) is 9.59 Å². The molecule has 0 bridgehead atoms. The molecule has 2 aromatic rings. The van der Waals surface area contributed by atoms with Crippen molar-refractivity contribution in [3.05, 3.63) is 65.7 Å². The number of rotatable bonds is 9. The molecule has 142 valence electrons. The summed E-state index contributed by atoms with van der Waals surface area (Å²) in [5.41, 5.74) is 0.970. The van der Waals surface area contributed by atoms with Gasteiger partial charge in [0.1, 0.15) is 5.75 Å². The molecule has 0 aliphatic heterocycles. The van der Waals surface area contributed by atoms with Crippen molar-refractivity contribution in [2.45, 2.75) is 11.3 Å². The Balaban J connectivity index is 2.14. The third kappa shape index (κ3) is 6.05. The fourth-order valence-electron chi connectivity index (χ4n) is 2.21. The first-order valence-corrected chi connectivity index (χ1v) is 9.48. The van der Waals surface area contributed by atoms with E-state index < -0.39 is 16.0 Å². The minimum atomic E-state index is -3.89. The van der Waals surface area contributed by atoms with Gasteiger partial charge in [0, 0.05) is 12.1 Å². The van der Waals surface area contributed by atoms with Crippen LogP contribution in [0.4, 0.5) is 0 Å². The van der Waals surface area contributed by atoms with Crippen LogP contribution in [0.15, 0.2) is 59.5 Å². The number of carboxylic acids is 1. The number of benzene rings is 2. The van der Waals surface area contributed by atoms with Crippen LogP contribution in [0.2, 0.25) is 0 Å². The first-order valence-electron chi connectivity index (χ1n) is 8.00. The molecule has 0 unspecified atom stereocenters. The quantitative estimate of drug-likeness (QED) is 0.503. The van der Waals surface area contributed by atoms with E-state index in [-0.39, 0.29) is 29.2 Å². The molecule has 0 radical (unpaired) electrons. The highest BCUT2D eigenvalue weighted by molar-refractivity contribution is 7.89. The van der Waals surface area contributed by atoms with Crippen LogP contribution < -0.4 is 9.46 Å². The predicted molar refractivity (Wildman–Crippen MR) is 100 cm³/mol. The average molecular weight is 389 g/mol. The molecule has 0 aromatic heterocycles. The molecule has 0 aliphatic rings. The highest BCUT2D eigenvalue weighted by Gasteiger charge is 2.15. The van der Waals surface area contributed by atoms with Crippen molar-refractivity contribution in [3.63, 3.8) is 0 Å². The molecule has 0 heterocycles. The number of methoxy groups -OCH3 is 1. The Morgan fingerprint density at radius 2 is 1.89 bits per heavy atom. The van der Waals surface area contributed by atoms with Gasteiger partial charge in [0.25, 0.3) is 0 Å². The SMILES string of the molecule is COc1cccc(C=CC(=O)c2cccc(S(=O)(=O)NCCC(=O)O)c2)c1. The van der Waals surface area contributed by atoms with Crippen molar-refractivity contribution in [2.75, 3.05) is 13.7 Å². The normalized spacial score (nSPS) is 11.4. The van der Waals surface area contributed by atoms with Crippen molar-refractivity contribution in [2.24, 2.45) is 0 Å². The molecule has 0 saturated carbocycles. The molecule has 27 heavy (non-hydrogen) atoms. The van der Waals surface area contributed by atoms with E-state index in [1.807, 2.05) is 0 Å². The highest BCUT2D eigenvalue weighted by Crippen LogP contribution is 2.16. The number of carboxylic acid groups (broad SMARTS) is 1. The van der Waals surface area contributed by atoms with Gasteiger partial charge >= 0.3 is 5.97 Å². The summed E-state index contributed by atoms with van der Waals surface area (Å²) in [6.07, 6.45) is 2.62. The molecule has 2 aromatic carbocycles. The zero-order chi connectivity index (χ0) is 19.9. The first kappa shape index (κ1) is 20.3. The van der Waals surface area contributed by atoms with E-state index in [2.05, 4.69) is 4.72 Å². The lowest BCUT2D eigenvalue weighted by atomic mass is 10.1. The number of allylic oxidation sites excluding steroid dienone is 1. The number of carbonyl (C=O) groups is 2. The predicted octanol–water partition coefficient (Wildman–Crippen LogP) is 2.34. The lowest BCUT2D eigenvalue weighted by Gasteiger charge is -2.06. The zero-order valence-electron chi connectivity index (χ0n) is 14.6. The molecule has 0 spiro atoms. The van der Waals surface area contributed by atoms with Gasteiger partial charge in [-0.25, -0.2) is 13.1 Å². The highest BCUT2D eigenvalue weighted by atomic mass is 32.2. The number of sulfonamides is 1. The molecule has 7 nitrogen and oxygen atoms in total. The Morgan fingerprint density at radius 3 is 2.59 bits per heavy atom. The zero-order valence-corrected chi connectivity index (χ0v) is 15.4. The van der Waals surface area contributed by atoms with E-state index in [1.54, 1.807) is 37.5 Å². The third-order valence-corrected chi connectivity index (χ3v) is 5.04. The van der Waals surface area contributed by atoms with Crippen molar-refractivity contribution < 1.29 is 27.9 Å². The molecule has 0 amide bonds. The number of ketones is 1. The lowest BCUT2D eigenvalue weighted by molar-refractivity contribution is -0.136. The minimum Gasteiger partial charge on any atom is -0.497 e. The molecule has 2 N–H and O–H groups in total. The topological polar surface area (TPSA) is 110 Å². The molecule has 0 atom stereocenters. The molecule has 2 rings (SSSR count). The second kappa shape index (κ2) is 9.11. The molecular formula is C19H19NO6S. The molecule has 0 aliphatic carbocycles. The first-order chi connectivity index (χ1) is 12.8. The van der Waals surface area contributed by atoms with Crippen LogP contribution >= 0.6 is 0 Å².